The van der Waals surface area contributed by atoms with Crippen molar-refractivity contribution in [1.29, 1.82) is 0 Å². The second-order valence-electron chi connectivity index (χ2n) is 4.67. The molecule has 0 aliphatic rings. The molecule has 1 rings (SSSR count). The molecular formula is C15H21N3O4. The third-order valence-electron chi connectivity index (χ3n) is 2.49. The summed E-state index contributed by atoms with van der Waals surface area (Å²) in [6, 6.07) is 5.11. The van der Waals surface area contributed by atoms with Crippen molar-refractivity contribution < 1.29 is 19.1 Å². The molecule has 2 N–H and O–H groups in total. The van der Waals surface area contributed by atoms with Gasteiger partial charge in [-0.3, -0.25) is 9.59 Å². The Bertz CT molecular complexity index is 556. The number of hydrazone groups is 1. The van der Waals surface area contributed by atoms with E-state index in [2.05, 4.69) is 15.8 Å². The highest BCUT2D eigenvalue weighted by molar-refractivity contribution is 6.35. The zero-order valence-electron chi connectivity index (χ0n) is 13.2. The lowest BCUT2D eigenvalue weighted by Gasteiger charge is -2.09. The molecule has 120 valence electrons. The van der Waals surface area contributed by atoms with Gasteiger partial charge in [0.25, 0.3) is 0 Å². The third-order valence-corrected chi connectivity index (χ3v) is 2.49. The lowest BCUT2D eigenvalue weighted by molar-refractivity contribution is -0.139. The van der Waals surface area contributed by atoms with Crippen LogP contribution in [0.4, 0.5) is 0 Å². The molecule has 0 aliphatic heterocycles. The Morgan fingerprint density at radius 1 is 1.27 bits per heavy atom. The molecule has 0 spiro atoms. The molecule has 7 heteroatoms. The van der Waals surface area contributed by atoms with E-state index in [1.807, 2.05) is 6.92 Å². The Morgan fingerprint density at radius 3 is 2.59 bits per heavy atom. The summed E-state index contributed by atoms with van der Waals surface area (Å²) in [6.45, 7) is 5.90. The van der Waals surface area contributed by atoms with Crippen molar-refractivity contribution in [3.8, 4) is 11.5 Å². The zero-order valence-corrected chi connectivity index (χ0v) is 13.2. The van der Waals surface area contributed by atoms with Crippen LogP contribution >= 0.6 is 0 Å². The van der Waals surface area contributed by atoms with E-state index in [0.29, 0.717) is 23.7 Å². The Hall–Kier alpha value is -2.57. The summed E-state index contributed by atoms with van der Waals surface area (Å²) in [5.41, 5.74) is 2.87. The maximum Gasteiger partial charge on any atom is 0.329 e. The molecule has 22 heavy (non-hydrogen) atoms. The maximum absolute atomic E-state index is 11.5. The van der Waals surface area contributed by atoms with E-state index in [1.165, 1.54) is 6.21 Å². The molecule has 0 bridgehead atoms. The number of nitrogens with zero attached hydrogens (tertiary/aromatic N) is 1. The smallest absolute Gasteiger partial charge is 0.329 e. The minimum atomic E-state index is -0.816. The maximum atomic E-state index is 11.5. The minimum Gasteiger partial charge on any atom is -0.493 e. The zero-order chi connectivity index (χ0) is 16.5. The molecule has 0 unspecified atom stereocenters. The molecule has 0 saturated carbocycles. The first-order valence-electron chi connectivity index (χ1n) is 6.92. The molecule has 0 aliphatic carbocycles. The second-order valence-corrected chi connectivity index (χ2v) is 4.67. The van der Waals surface area contributed by atoms with Gasteiger partial charge in [-0.1, -0.05) is 0 Å². The third kappa shape index (κ3) is 5.43. The number of rotatable bonds is 6. The van der Waals surface area contributed by atoms with Gasteiger partial charge in [0.05, 0.1) is 19.9 Å². The summed E-state index contributed by atoms with van der Waals surface area (Å²) < 4.78 is 10.6. The van der Waals surface area contributed by atoms with Gasteiger partial charge in [0.2, 0.25) is 0 Å². The predicted octanol–water partition coefficient (Wildman–Crippen LogP) is 1.07. The number of hydrogen-bond donors (Lipinski definition) is 2. The first kappa shape index (κ1) is 17.5. The fourth-order valence-corrected chi connectivity index (χ4v) is 1.59. The Balaban J connectivity index is 2.68. The van der Waals surface area contributed by atoms with E-state index >= 15 is 0 Å². The van der Waals surface area contributed by atoms with Crippen molar-refractivity contribution in [2.75, 3.05) is 13.7 Å². The monoisotopic (exact) mass is 307 g/mol. The van der Waals surface area contributed by atoms with E-state index < -0.39 is 11.8 Å². The van der Waals surface area contributed by atoms with E-state index in [1.54, 1.807) is 39.2 Å². The number of carbonyl (C=O) groups excluding carboxylic acids is 2. The normalized spacial score (nSPS) is 10.6. The van der Waals surface area contributed by atoms with Gasteiger partial charge in [-0.15, -0.1) is 0 Å². The first-order valence-corrected chi connectivity index (χ1v) is 6.92. The molecule has 0 aromatic heterocycles. The van der Waals surface area contributed by atoms with Crippen LogP contribution in [-0.2, 0) is 9.59 Å². The molecule has 2 amide bonds. The standard InChI is InChI=1S/C15H21N3O4/c1-5-22-13-8-11(6-7-12(13)21-4)9-16-18-15(20)14(19)17-10(2)3/h6-10H,5H2,1-4H3,(H,17,19)(H,18,20)/b16-9-. The van der Waals surface area contributed by atoms with Crippen molar-refractivity contribution in [3.63, 3.8) is 0 Å². The van der Waals surface area contributed by atoms with Crippen LogP contribution in [0.1, 0.15) is 26.3 Å². The van der Waals surface area contributed by atoms with Crippen LogP contribution < -0.4 is 20.2 Å². The molecule has 0 radical (unpaired) electrons. The van der Waals surface area contributed by atoms with Gasteiger partial charge in [0.15, 0.2) is 11.5 Å². The van der Waals surface area contributed by atoms with Crippen LogP contribution in [0, 0.1) is 0 Å². The minimum absolute atomic E-state index is 0.113. The molecular weight excluding hydrogens is 286 g/mol. The number of benzene rings is 1. The Labute approximate surface area is 129 Å². The number of nitrogens with one attached hydrogen (secondary N) is 2. The summed E-state index contributed by atoms with van der Waals surface area (Å²) in [5, 5.41) is 6.22. The molecule has 1 aromatic rings. The highest BCUT2D eigenvalue weighted by Crippen LogP contribution is 2.27. The van der Waals surface area contributed by atoms with Gasteiger partial charge in [0.1, 0.15) is 0 Å². The van der Waals surface area contributed by atoms with Crippen molar-refractivity contribution in [2.24, 2.45) is 5.10 Å². The summed E-state index contributed by atoms with van der Waals surface area (Å²) in [4.78, 5) is 22.8. The highest BCUT2D eigenvalue weighted by atomic mass is 16.5. The summed E-state index contributed by atoms with van der Waals surface area (Å²) >= 11 is 0. The number of carbonyl (C=O) groups is 2. The Morgan fingerprint density at radius 2 is 2.00 bits per heavy atom. The van der Waals surface area contributed by atoms with Crippen LogP contribution in [0.2, 0.25) is 0 Å². The largest absolute Gasteiger partial charge is 0.493 e. The SMILES string of the molecule is CCOc1cc(/C=N\NC(=O)C(=O)NC(C)C)ccc1OC. The highest BCUT2D eigenvalue weighted by Gasteiger charge is 2.13. The molecule has 7 nitrogen and oxygen atoms in total. The second kappa shape index (κ2) is 8.66. The van der Waals surface area contributed by atoms with Crippen LogP contribution in [-0.4, -0.2) is 37.8 Å². The molecule has 0 atom stereocenters. The number of methoxy groups -OCH3 is 1. The molecule has 0 fully saturated rings. The fraction of sp³-hybridized carbons (Fsp3) is 0.400. The van der Waals surface area contributed by atoms with Crippen LogP contribution in [0.3, 0.4) is 0 Å². The van der Waals surface area contributed by atoms with Crippen LogP contribution in [0.25, 0.3) is 0 Å². The van der Waals surface area contributed by atoms with Gasteiger partial charge >= 0.3 is 11.8 Å². The van der Waals surface area contributed by atoms with E-state index in [0.717, 1.165) is 0 Å². The van der Waals surface area contributed by atoms with Crippen molar-refractivity contribution in [2.45, 2.75) is 26.8 Å². The van der Waals surface area contributed by atoms with Gasteiger partial charge < -0.3 is 14.8 Å². The lowest BCUT2D eigenvalue weighted by Crippen LogP contribution is -2.41. The lowest BCUT2D eigenvalue weighted by atomic mass is 10.2. The topological polar surface area (TPSA) is 89.0 Å². The summed E-state index contributed by atoms with van der Waals surface area (Å²) in [6.07, 6.45) is 1.42. The summed E-state index contributed by atoms with van der Waals surface area (Å²) in [5.74, 6) is -0.349. The van der Waals surface area contributed by atoms with Crippen LogP contribution in [0.15, 0.2) is 23.3 Å². The average molecular weight is 307 g/mol. The molecule has 0 heterocycles. The van der Waals surface area contributed by atoms with Crippen LogP contribution in [0.5, 0.6) is 11.5 Å². The van der Waals surface area contributed by atoms with Gasteiger partial charge in [-0.05, 0) is 44.5 Å². The van der Waals surface area contributed by atoms with E-state index in [4.69, 9.17) is 9.47 Å². The Kier molecular flexibility index (Phi) is 6.88. The van der Waals surface area contributed by atoms with Gasteiger partial charge in [0, 0.05) is 6.04 Å². The van der Waals surface area contributed by atoms with Gasteiger partial charge in [-0.25, -0.2) is 5.43 Å². The first-order chi connectivity index (χ1) is 10.5. The predicted molar refractivity (Wildman–Crippen MR) is 83.2 cm³/mol. The van der Waals surface area contributed by atoms with Crippen molar-refractivity contribution >= 4 is 18.0 Å². The fourth-order valence-electron chi connectivity index (χ4n) is 1.59. The quantitative estimate of drug-likeness (QED) is 0.467. The molecule has 0 saturated heterocycles. The van der Waals surface area contributed by atoms with Crippen molar-refractivity contribution in [1.82, 2.24) is 10.7 Å². The van der Waals surface area contributed by atoms with Crippen molar-refractivity contribution in [3.05, 3.63) is 23.8 Å². The number of amides is 2. The van der Waals surface area contributed by atoms with E-state index in [-0.39, 0.29) is 6.04 Å². The van der Waals surface area contributed by atoms with E-state index in [9.17, 15) is 9.59 Å². The summed E-state index contributed by atoms with van der Waals surface area (Å²) in [7, 11) is 1.55. The van der Waals surface area contributed by atoms with Gasteiger partial charge in [-0.2, -0.15) is 5.10 Å². The molecule has 1 aromatic carbocycles. The number of hydrogen-bond acceptors (Lipinski definition) is 5. The number of ether oxygens (including phenoxy) is 2. The average Bonchev–Trinajstić information content (AvgIpc) is 2.47.